The minimum Gasteiger partial charge on any atom is -0.481 e. The highest BCUT2D eigenvalue weighted by Gasteiger charge is 2.14. The fourth-order valence-electron chi connectivity index (χ4n) is 1.21. The van der Waals surface area contributed by atoms with Crippen LogP contribution in [0, 0.1) is 0 Å². The average Bonchev–Trinajstić information content (AvgIpc) is 2.15. The van der Waals surface area contributed by atoms with Crippen molar-refractivity contribution >= 4 is 21.4 Å². The second-order valence-electron chi connectivity index (χ2n) is 3.45. The Hall–Kier alpha value is -0.880. The SMILES string of the molecule is COc1cc(CC(Cl)CS(C)(=O)=O)ncn1. The van der Waals surface area contributed by atoms with E-state index in [1.54, 1.807) is 6.07 Å². The van der Waals surface area contributed by atoms with Gasteiger partial charge in [0.05, 0.1) is 18.2 Å². The number of aromatic nitrogens is 2. The molecular weight excluding hydrogens is 252 g/mol. The Kier molecular flexibility index (Phi) is 4.49. The molecule has 0 aliphatic heterocycles. The molecule has 1 aromatic rings. The molecule has 0 radical (unpaired) electrons. The van der Waals surface area contributed by atoms with Crippen LogP contribution in [0.1, 0.15) is 5.69 Å². The molecule has 0 fully saturated rings. The predicted octanol–water partition coefficient (Wildman–Crippen LogP) is 0.680. The molecule has 5 nitrogen and oxygen atoms in total. The first kappa shape index (κ1) is 13.2. The van der Waals surface area contributed by atoms with Crippen LogP contribution < -0.4 is 4.74 Å². The van der Waals surface area contributed by atoms with Crippen LogP contribution in [-0.4, -0.2) is 42.9 Å². The lowest BCUT2D eigenvalue weighted by molar-refractivity contribution is 0.396. The second kappa shape index (κ2) is 5.45. The van der Waals surface area contributed by atoms with Gasteiger partial charge in [-0.25, -0.2) is 18.4 Å². The maximum absolute atomic E-state index is 11.0. The Morgan fingerprint density at radius 1 is 1.50 bits per heavy atom. The highest BCUT2D eigenvalue weighted by molar-refractivity contribution is 7.90. The van der Waals surface area contributed by atoms with Gasteiger partial charge in [0.15, 0.2) is 0 Å². The van der Waals surface area contributed by atoms with Gasteiger partial charge < -0.3 is 4.74 Å². The van der Waals surface area contributed by atoms with E-state index in [0.29, 0.717) is 18.0 Å². The van der Waals surface area contributed by atoms with Crippen molar-refractivity contribution in [1.29, 1.82) is 0 Å². The highest BCUT2D eigenvalue weighted by Crippen LogP contribution is 2.11. The predicted molar refractivity (Wildman–Crippen MR) is 61.6 cm³/mol. The van der Waals surface area contributed by atoms with Crippen LogP contribution in [0.5, 0.6) is 5.88 Å². The van der Waals surface area contributed by atoms with E-state index < -0.39 is 15.2 Å². The summed E-state index contributed by atoms with van der Waals surface area (Å²) in [5.41, 5.74) is 0.663. The first-order valence-corrected chi connectivity index (χ1v) is 7.07. The van der Waals surface area contributed by atoms with E-state index in [1.807, 2.05) is 0 Å². The fourth-order valence-corrected chi connectivity index (χ4v) is 2.83. The lowest BCUT2D eigenvalue weighted by atomic mass is 10.2. The van der Waals surface area contributed by atoms with Crippen LogP contribution in [0.2, 0.25) is 0 Å². The molecule has 0 aliphatic carbocycles. The van der Waals surface area contributed by atoms with E-state index >= 15 is 0 Å². The van der Waals surface area contributed by atoms with Gasteiger partial charge in [-0.3, -0.25) is 0 Å². The Balaban J connectivity index is 2.65. The van der Waals surface area contributed by atoms with Crippen molar-refractivity contribution in [2.45, 2.75) is 11.8 Å². The zero-order chi connectivity index (χ0) is 12.2. The number of halogens is 1. The standard InChI is InChI=1S/C9H13ClN2O3S/c1-15-9-4-8(11-6-12-9)3-7(10)5-16(2,13)14/h4,6-7H,3,5H2,1-2H3. The Morgan fingerprint density at radius 3 is 2.75 bits per heavy atom. The summed E-state index contributed by atoms with van der Waals surface area (Å²) >= 11 is 5.92. The smallest absolute Gasteiger partial charge is 0.216 e. The van der Waals surface area contributed by atoms with Gasteiger partial charge in [-0.2, -0.15) is 0 Å². The molecule has 0 amide bonds. The van der Waals surface area contributed by atoms with Gasteiger partial charge in [0.25, 0.3) is 0 Å². The van der Waals surface area contributed by atoms with Gasteiger partial charge in [0, 0.05) is 24.4 Å². The lowest BCUT2D eigenvalue weighted by Crippen LogP contribution is -2.17. The third kappa shape index (κ3) is 4.76. The van der Waals surface area contributed by atoms with Crippen molar-refractivity contribution in [1.82, 2.24) is 9.97 Å². The third-order valence-electron chi connectivity index (χ3n) is 1.82. The number of alkyl halides is 1. The van der Waals surface area contributed by atoms with Gasteiger partial charge in [-0.05, 0) is 0 Å². The lowest BCUT2D eigenvalue weighted by Gasteiger charge is -2.07. The van der Waals surface area contributed by atoms with Crippen molar-refractivity contribution in [2.24, 2.45) is 0 Å². The summed E-state index contributed by atoms with van der Waals surface area (Å²) in [7, 11) is -1.56. The summed E-state index contributed by atoms with van der Waals surface area (Å²) in [4.78, 5) is 7.83. The maximum atomic E-state index is 11.0. The van der Waals surface area contributed by atoms with Gasteiger partial charge in [-0.1, -0.05) is 0 Å². The van der Waals surface area contributed by atoms with Crippen LogP contribution in [0.3, 0.4) is 0 Å². The number of rotatable bonds is 5. The molecule has 0 saturated heterocycles. The second-order valence-corrected chi connectivity index (χ2v) is 6.25. The van der Waals surface area contributed by atoms with Gasteiger partial charge in [0.2, 0.25) is 5.88 Å². The van der Waals surface area contributed by atoms with Crippen molar-refractivity contribution < 1.29 is 13.2 Å². The zero-order valence-electron chi connectivity index (χ0n) is 9.05. The van der Waals surface area contributed by atoms with E-state index in [4.69, 9.17) is 16.3 Å². The molecule has 0 aromatic carbocycles. The average molecular weight is 265 g/mol. The molecule has 16 heavy (non-hydrogen) atoms. The summed E-state index contributed by atoms with van der Waals surface area (Å²) in [5.74, 6) is 0.370. The minimum absolute atomic E-state index is 0.0686. The number of nitrogens with zero attached hydrogens (tertiary/aromatic N) is 2. The van der Waals surface area contributed by atoms with E-state index in [2.05, 4.69) is 9.97 Å². The number of sulfone groups is 1. The van der Waals surface area contributed by atoms with Crippen LogP contribution >= 0.6 is 11.6 Å². The van der Waals surface area contributed by atoms with E-state index in [1.165, 1.54) is 13.4 Å². The van der Waals surface area contributed by atoms with E-state index in [-0.39, 0.29) is 5.75 Å². The first-order chi connectivity index (χ1) is 7.40. The molecule has 0 saturated carbocycles. The fraction of sp³-hybridized carbons (Fsp3) is 0.556. The number of ether oxygens (including phenoxy) is 1. The van der Waals surface area contributed by atoms with Crippen LogP contribution in [0.4, 0.5) is 0 Å². The molecule has 90 valence electrons. The monoisotopic (exact) mass is 264 g/mol. The van der Waals surface area contributed by atoms with Gasteiger partial charge >= 0.3 is 0 Å². The topological polar surface area (TPSA) is 69.2 Å². The van der Waals surface area contributed by atoms with Crippen molar-refractivity contribution in [3.05, 3.63) is 18.1 Å². The highest BCUT2D eigenvalue weighted by atomic mass is 35.5. The Morgan fingerprint density at radius 2 is 2.19 bits per heavy atom. The van der Waals surface area contributed by atoms with Crippen molar-refractivity contribution in [2.75, 3.05) is 19.1 Å². The largest absolute Gasteiger partial charge is 0.481 e. The van der Waals surface area contributed by atoms with Crippen molar-refractivity contribution in [3.8, 4) is 5.88 Å². The quantitative estimate of drug-likeness (QED) is 0.732. The third-order valence-corrected chi connectivity index (χ3v) is 3.32. The van der Waals surface area contributed by atoms with Gasteiger partial charge in [0.1, 0.15) is 16.2 Å². The summed E-state index contributed by atoms with van der Waals surface area (Å²) in [6, 6.07) is 1.64. The minimum atomic E-state index is -3.07. The van der Waals surface area contributed by atoms with Crippen LogP contribution in [0.25, 0.3) is 0 Å². The molecule has 1 rings (SSSR count). The Labute approximate surface area is 99.7 Å². The summed E-state index contributed by atoms with van der Waals surface area (Å²) in [5, 5.41) is -0.491. The number of hydrogen-bond acceptors (Lipinski definition) is 5. The molecule has 7 heteroatoms. The molecule has 1 atom stereocenters. The molecule has 0 spiro atoms. The normalized spacial score (nSPS) is 13.4. The van der Waals surface area contributed by atoms with Crippen LogP contribution in [0.15, 0.2) is 12.4 Å². The molecule has 0 N–H and O–H groups in total. The molecule has 0 aliphatic rings. The molecule has 1 heterocycles. The van der Waals surface area contributed by atoms with Crippen LogP contribution in [-0.2, 0) is 16.3 Å². The van der Waals surface area contributed by atoms with E-state index in [0.717, 1.165) is 6.26 Å². The molecule has 1 aromatic heterocycles. The van der Waals surface area contributed by atoms with E-state index in [9.17, 15) is 8.42 Å². The number of methoxy groups -OCH3 is 1. The number of hydrogen-bond donors (Lipinski definition) is 0. The van der Waals surface area contributed by atoms with Gasteiger partial charge in [-0.15, -0.1) is 11.6 Å². The summed E-state index contributed by atoms with van der Waals surface area (Å²) in [6.07, 6.45) is 2.88. The zero-order valence-corrected chi connectivity index (χ0v) is 10.6. The summed E-state index contributed by atoms with van der Waals surface area (Å²) < 4.78 is 27.0. The molecule has 1 unspecified atom stereocenters. The maximum Gasteiger partial charge on any atom is 0.216 e. The van der Waals surface area contributed by atoms with Crippen molar-refractivity contribution in [3.63, 3.8) is 0 Å². The molecular formula is C9H13ClN2O3S. The Bertz CT molecular complexity index is 450. The molecule has 0 bridgehead atoms. The summed E-state index contributed by atoms with van der Waals surface area (Å²) in [6.45, 7) is 0. The first-order valence-electron chi connectivity index (χ1n) is 4.57.